The molecule has 1 aliphatic carbocycles. The predicted octanol–water partition coefficient (Wildman–Crippen LogP) is 2.27. The van der Waals surface area contributed by atoms with E-state index in [4.69, 9.17) is 15.2 Å². The smallest absolute Gasteiger partial charge is 0.207 e. The largest absolute Gasteiger partial charge is 0.494 e. The summed E-state index contributed by atoms with van der Waals surface area (Å²) < 4.78 is 23.9. The van der Waals surface area contributed by atoms with Crippen molar-refractivity contribution in [1.82, 2.24) is 0 Å². The number of nitrogens with two attached hydrogens (primary N) is 1. The topological polar surface area (TPSA) is 44.5 Å². The molecule has 2 N–H and O–H groups in total. The first-order chi connectivity index (χ1) is 8.09. The van der Waals surface area contributed by atoms with Gasteiger partial charge in [-0.1, -0.05) is 6.07 Å². The molecule has 3 nitrogen and oxygen atoms in total. The molecular formula is C13H18FNO2. The van der Waals surface area contributed by atoms with Crippen LogP contribution in [0, 0.1) is 5.82 Å². The molecule has 0 bridgehead atoms. The Morgan fingerprint density at radius 1 is 1.29 bits per heavy atom. The number of hydrogen-bond acceptors (Lipinski definition) is 3. The maximum Gasteiger partial charge on any atom is 0.207 e. The Balaban J connectivity index is 2.18. The Hall–Kier alpha value is -1.29. The third kappa shape index (κ3) is 2.52. The molecule has 0 aliphatic heterocycles. The molecule has 4 heteroatoms. The van der Waals surface area contributed by atoms with E-state index in [0.717, 1.165) is 31.2 Å². The summed E-state index contributed by atoms with van der Waals surface area (Å²) in [6, 6.07) is 3.47. The van der Waals surface area contributed by atoms with E-state index in [1.54, 1.807) is 6.07 Å². The number of halogens is 1. The third-order valence-electron chi connectivity index (χ3n) is 3.35. The van der Waals surface area contributed by atoms with Crippen molar-refractivity contribution >= 4 is 0 Å². The molecule has 1 aliphatic rings. The van der Waals surface area contributed by atoms with Gasteiger partial charge >= 0.3 is 0 Å². The molecule has 2 rings (SSSR count). The summed E-state index contributed by atoms with van der Waals surface area (Å²) in [7, 11) is 2.91. The molecular weight excluding hydrogens is 221 g/mol. The van der Waals surface area contributed by atoms with E-state index < -0.39 is 5.82 Å². The van der Waals surface area contributed by atoms with Crippen LogP contribution in [0.2, 0.25) is 0 Å². The molecule has 0 aromatic heterocycles. The lowest BCUT2D eigenvalue weighted by atomic mass is 10.0. The highest BCUT2D eigenvalue weighted by atomic mass is 19.1. The highest BCUT2D eigenvalue weighted by Gasteiger charge is 2.37. The van der Waals surface area contributed by atoms with Crippen LogP contribution < -0.4 is 15.2 Å². The standard InChI is InChI=1S/C13H18FNO2/c1-16-10-4-3-9(12(17-2)11(10)14)5-6-13(15)7-8-13/h3-4H,5-8,15H2,1-2H3. The molecule has 0 spiro atoms. The molecule has 1 aromatic carbocycles. The van der Waals surface area contributed by atoms with Gasteiger partial charge in [0.25, 0.3) is 0 Å². The molecule has 17 heavy (non-hydrogen) atoms. The fourth-order valence-corrected chi connectivity index (χ4v) is 1.95. The maximum atomic E-state index is 13.9. The summed E-state index contributed by atoms with van der Waals surface area (Å²) in [5.41, 5.74) is 6.84. The second-order valence-corrected chi connectivity index (χ2v) is 4.64. The minimum atomic E-state index is -0.436. The fourth-order valence-electron chi connectivity index (χ4n) is 1.95. The van der Waals surface area contributed by atoms with Crippen LogP contribution in [0.4, 0.5) is 4.39 Å². The quantitative estimate of drug-likeness (QED) is 0.857. The Kier molecular flexibility index (Phi) is 3.24. The monoisotopic (exact) mass is 239 g/mol. The van der Waals surface area contributed by atoms with Crippen LogP contribution >= 0.6 is 0 Å². The average Bonchev–Trinajstić information content (AvgIpc) is 3.05. The van der Waals surface area contributed by atoms with Crippen molar-refractivity contribution in [2.75, 3.05) is 14.2 Å². The Labute approximate surface area is 101 Å². The van der Waals surface area contributed by atoms with Gasteiger partial charge in [0.05, 0.1) is 14.2 Å². The summed E-state index contributed by atoms with van der Waals surface area (Å²) in [6.45, 7) is 0. The summed E-state index contributed by atoms with van der Waals surface area (Å²) >= 11 is 0. The van der Waals surface area contributed by atoms with Gasteiger partial charge in [-0.15, -0.1) is 0 Å². The minimum Gasteiger partial charge on any atom is -0.494 e. The van der Waals surface area contributed by atoms with Gasteiger partial charge in [0, 0.05) is 5.54 Å². The molecule has 0 saturated heterocycles. The Bertz CT molecular complexity index is 416. The summed E-state index contributed by atoms with van der Waals surface area (Å²) in [4.78, 5) is 0. The zero-order valence-electron chi connectivity index (χ0n) is 10.3. The molecule has 0 radical (unpaired) electrons. The van der Waals surface area contributed by atoms with Gasteiger partial charge in [0.2, 0.25) is 5.82 Å². The Morgan fingerprint density at radius 2 is 2.00 bits per heavy atom. The van der Waals surface area contributed by atoms with Crippen LogP contribution in [0.15, 0.2) is 12.1 Å². The van der Waals surface area contributed by atoms with Gasteiger partial charge in [-0.25, -0.2) is 0 Å². The van der Waals surface area contributed by atoms with Crippen LogP contribution in [0.3, 0.4) is 0 Å². The summed E-state index contributed by atoms with van der Waals surface area (Å²) in [5, 5.41) is 0. The number of rotatable bonds is 5. The van der Waals surface area contributed by atoms with E-state index in [1.807, 2.05) is 6.07 Å². The van der Waals surface area contributed by atoms with Gasteiger partial charge in [-0.05, 0) is 37.3 Å². The zero-order valence-corrected chi connectivity index (χ0v) is 10.3. The normalized spacial score (nSPS) is 16.7. The van der Waals surface area contributed by atoms with Crippen LogP contribution in [-0.4, -0.2) is 19.8 Å². The molecule has 1 saturated carbocycles. The van der Waals surface area contributed by atoms with Crippen molar-refractivity contribution in [3.63, 3.8) is 0 Å². The van der Waals surface area contributed by atoms with Gasteiger partial charge < -0.3 is 15.2 Å². The second kappa shape index (κ2) is 4.53. The molecule has 0 atom stereocenters. The van der Waals surface area contributed by atoms with Crippen LogP contribution in [0.25, 0.3) is 0 Å². The average molecular weight is 239 g/mol. The van der Waals surface area contributed by atoms with E-state index in [2.05, 4.69) is 0 Å². The number of aryl methyl sites for hydroxylation is 1. The maximum absolute atomic E-state index is 13.9. The lowest BCUT2D eigenvalue weighted by Crippen LogP contribution is -2.22. The predicted molar refractivity (Wildman–Crippen MR) is 64.0 cm³/mol. The number of benzene rings is 1. The third-order valence-corrected chi connectivity index (χ3v) is 3.35. The van der Waals surface area contributed by atoms with Gasteiger partial charge in [-0.2, -0.15) is 4.39 Å². The van der Waals surface area contributed by atoms with E-state index >= 15 is 0 Å². The number of methoxy groups -OCH3 is 2. The summed E-state index contributed by atoms with van der Waals surface area (Å²) in [5.74, 6) is 0.0439. The van der Waals surface area contributed by atoms with Gasteiger partial charge in [0.15, 0.2) is 11.5 Å². The minimum absolute atomic E-state index is 0.0264. The number of hydrogen-bond donors (Lipinski definition) is 1. The molecule has 0 heterocycles. The zero-order chi connectivity index (χ0) is 12.5. The van der Waals surface area contributed by atoms with Crippen LogP contribution in [-0.2, 0) is 6.42 Å². The molecule has 1 fully saturated rings. The van der Waals surface area contributed by atoms with Gasteiger partial charge in [0.1, 0.15) is 0 Å². The van der Waals surface area contributed by atoms with Crippen molar-refractivity contribution in [2.24, 2.45) is 5.73 Å². The van der Waals surface area contributed by atoms with Crippen molar-refractivity contribution in [2.45, 2.75) is 31.2 Å². The van der Waals surface area contributed by atoms with Crippen LogP contribution in [0.5, 0.6) is 11.5 Å². The van der Waals surface area contributed by atoms with Crippen molar-refractivity contribution < 1.29 is 13.9 Å². The lowest BCUT2D eigenvalue weighted by molar-refractivity contribution is 0.346. The van der Waals surface area contributed by atoms with Crippen molar-refractivity contribution in [3.05, 3.63) is 23.5 Å². The van der Waals surface area contributed by atoms with E-state index in [1.165, 1.54) is 14.2 Å². The van der Waals surface area contributed by atoms with E-state index in [9.17, 15) is 4.39 Å². The van der Waals surface area contributed by atoms with Crippen molar-refractivity contribution in [3.8, 4) is 11.5 Å². The van der Waals surface area contributed by atoms with Crippen LogP contribution in [0.1, 0.15) is 24.8 Å². The highest BCUT2D eigenvalue weighted by molar-refractivity contribution is 5.43. The first-order valence-corrected chi connectivity index (χ1v) is 5.78. The summed E-state index contributed by atoms with van der Waals surface area (Å²) in [6.07, 6.45) is 3.73. The molecule has 0 unspecified atom stereocenters. The first kappa shape index (κ1) is 12.2. The highest BCUT2D eigenvalue weighted by Crippen LogP contribution is 2.38. The SMILES string of the molecule is COc1ccc(CCC2(N)CC2)c(OC)c1F. The molecule has 0 amide bonds. The van der Waals surface area contributed by atoms with E-state index in [0.29, 0.717) is 0 Å². The van der Waals surface area contributed by atoms with Gasteiger partial charge in [-0.3, -0.25) is 0 Å². The molecule has 94 valence electrons. The fraction of sp³-hybridized carbons (Fsp3) is 0.538. The Morgan fingerprint density at radius 3 is 2.53 bits per heavy atom. The second-order valence-electron chi connectivity index (χ2n) is 4.64. The van der Waals surface area contributed by atoms with E-state index in [-0.39, 0.29) is 17.0 Å². The first-order valence-electron chi connectivity index (χ1n) is 5.78. The molecule has 1 aromatic rings. The van der Waals surface area contributed by atoms with Crippen molar-refractivity contribution in [1.29, 1.82) is 0 Å². The number of ether oxygens (including phenoxy) is 2. The lowest BCUT2D eigenvalue weighted by Gasteiger charge is -2.13.